The monoisotopic (exact) mass is 489 g/mol. The molecule has 2 fully saturated rings. The number of aliphatic hydroxyl groups excluding tert-OH is 1. The molecule has 6 nitrogen and oxygen atoms in total. The molecule has 3 rings (SSSR count). The van der Waals surface area contributed by atoms with E-state index < -0.39 is 6.10 Å². The number of nitrogens with one attached hydrogen (secondary N) is 2. The summed E-state index contributed by atoms with van der Waals surface area (Å²) in [5, 5.41) is 16.6. The maximum atomic E-state index is 12.0. The number of nitrogens with zero attached hydrogens (tertiary/aromatic N) is 1. The van der Waals surface area contributed by atoms with E-state index >= 15 is 0 Å². The number of aliphatic hydroxyl groups is 1. The molecule has 1 aliphatic carbocycles. The van der Waals surface area contributed by atoms with E-state index in [4.69, 9.17) is 0 Å². The van der Waals surface area contributed by atoms with Crippen molar-refractivity contribution in [3.8, 4) is 0 Å². The molecule has 1 aliphatic heterocycles. The van der Waals surface area contributed by atoms with Gasteiger partial charge in [0.1, 0.15) is 0 Å². The summed E-state index contributed by atoms with van der Waals surface area (Å²) in [5.41, 5.74) is 1.08. The lowest BCUT2D eigenvalue weighted by Gasteiger charge is -2.42. The SMILES string of the molecule is CC.CC(C)(C)NC=O.CCC(=O)NC(Cc1ccccc1)C(O)CN1CCC2CCCCC2C1. The fourth-order valence-corrected chi connectivity index (χ4v) is 4.87. The van der Waals surface area contributed by atoms with Crippen LogP contribution in [0.5, 0.6) is 0 Å². The first kappa shape index (κ1) is 31.1. The Kier molecular flexibility index (Phi) is 14.8. The Morgan fingerprint density at radius 2 is 1.74 bits per heavy atom. The van der Waals surface area contributed by atoms with Crippen LogP contribution >= 0.6 is 0 Å². The van der Waals surface area contributed by atoms with Crippen LogP contribution in [-0.2, 0) is 16.0 Å². The number of hydrogen-bond acceptors (Lipinski definition) is 4. The Morgan fingerprint density at radius 1 is 1.11 bits per heavy atom. The predicted molar refractivity (Wildman–Crippen MR) is 145 cm³/mol. The van der Waals surface area contributed by atoms with Crippen LogP contribution < -0.4 is 10.6 Å². The molecule has 1 saturated carbocycles. The van der Waals surface area contributed by atoms with Crippen LogP contribution in [0.4, 0.5) is 0 Å². The Balaban J connectivity index is 0.000000587. The van der Waals surface area contributed by atoms with Gasteiger partial charge in [0.2, 0.25) is 12.3 Å². The normalized spacial score (nSPS) is 21.6. The van der Waals surface area contributed by atoms with Crippen molar-refractivity contribution in [2.45, 2.75) is 104 Å². The first-order valence-corrected chi connectivity index (χ1v) is 13.7. The van der Waals surface area contributed by atoms with E-state index in [0.29, 0.717) is 25.8 Å². The molecule has 4 unspecified atom stereocenters. The van der Waals surface area contributed by atoms with Crippen LogP contribution in [0.2, 0.25) is 0 Å². The average molecular weight is 490 g/mol. The van der Waals surface area contributed by atoms with Crippen LogP contribution in [0.15, 0.2) is 30.3 Å². The molecular weight excluding hydrogens is 438 g/mol. The van der Waals surface area contributed by atoms with E-state index in [2.05, 4.69) is 27.7 Å². The smallest absolute Gasteiger partial charge is 0.220 e. The number of likely N-dealkylation sites (tertiary alicyclic amines) is 1. The molecule has 1 aromatic rings. The van der Waals surface area contributed by atoms with Gasteiger partial charge >= 0.3 is 0 Å². The number of fused-ring (bicyclic) bond motifs is 1. The van der Waals surface area contributed by atoms with Gasteiger partial charge in [-0.2, -0.15) is 0 Å². The van der Waals surface area contributed by atoms with Crippen LogP contribution in [0, 0.1) is 11.8 Å². The minimum atomic E-state index is -0.536. The topological polar surface area (TPSA) is 81.7 Å². The summed E-state index contributed by atoms with van der Waals surface area (Å²) in [6, 6.07) is 9.90. The maximum Gasteiger partial charge on any atom is 0.220 e. The molecular formula is C29H51N3O3. The summed E-state index contributed by atoms with van der Waals surface area (Å²) in [5.74, 6) is 1.72. The van der Waals surface area contributed by atoms with Crippen molar-refractivity contribution >= 4 is 12.3 Å². The molecule has 1 saturated heterocycles. The number of hydrogen-bond donors (Lipinski definition) is 3. The minimum Gasteiger partial charge on any atom is -0.390 e. The van der Waals surface area contributed by atoms with Gasteiger partial charge in [-0.15, -0.1) is 0 Å². The molecule has 0 radical (unpaired) electrons. The standard InChI is InChI=1S/C22H34N2O2.C5H11NO.C2H6/c1-2-22(26)23-20(14-17-8-4-3-5-9-17)21(25)16-24-13-12-18-10-6-7-11-19(18)15-24;1-5(2,3)6-4-7;1-2/h3-5,8-9,18-21,25H,2,6-7,10-16H2,1H3,(H,23,26);4H,1-3H3,(H,6,7);1-2H3. The van der Waals surface area contributed by atoms with E-state index in [1.807, 2.05) is 59.7 Å². The third-order valence-electron chi connectivity index (χ3n) is 6.74. The Labute approximate surface area is 214 Å². The average Bonchev–Trinajstić information content (AvgIpc) is 2.85. The van der Waals surface area contributed by atoms with Gasteiger partial charge in [0, 0.05) is 25.0 Å². The fourth-order valence-electron chi connectivity index (χ4n) is 4.87. The highest BCUT2D eigenvalue weighted by Crippen LogP contribution is 2.36. The molecule has 0 bridgehead atoms. The van der Waals surface area contributed by atoms with E-state index in [1.54, 1.807) is 0 Å². The van der Waals surface area contributed by atoms with E-state index in [1.165, 1.54) is 32.1 Å². The highest BCUT2D eigenvalue weighted by Gasteiger charge is 2.33. The van der Waals surface area contributed by atoms with E-state index in [9.17, 15) is 14.7 Å². The summed E-state index contributed by atoms with van der Waals surface area (Å²) in [6.45, 7) is 14.5. The van der Waals surface area contributed by atoms with Crippen molar-refractivity contribution in [2.24, 2.45) is 11.8 Å². The van der Waals surface area contributed by atoms with Gasteiger partial charge in [-0.05, 0) is 64.0 Å². The van der Waals surface area contributed by atoms with Gasteiger partial charge in [0.15, 0.2) is 0 Å². The van der Waals surface area contributed by atoms with Gasteiger partial charge in [0.05, 0.1) is 12.1 Å². The van der Waals surface area contributed by atoms with Crippen LogP contribution in [0.3, 0.4) is 0 Å². The summed E-state index contributed by atoms with van der Waals surface area (Å²) >= 11 is 0. The van der Waals surface area contributed by atoms with Crippen molar-refractivity contribution in [3.05, 3.63) is 35.9 Å². The van der Waals surface area contributed by atoms with Crippen LogP contribution in [-0.4, -0.2) is 59.6 Å². The quantitative estimate of drug-likeness (QED) is 0.468. The second-order valence-electron chi connectivity index (χ2n) is 10.6. The van der Waals surface area contributed by atoms with Gasteiger partial charge in [-0.1, -0.05) is 70.4 Å². The predicted octanol–water partition coefficient (Wildman–Crippen LogP) is 4.55. The Hall–Kier alpha value is -1.92. The first-order chi connectivity index (χ1) is 16.7. The number of benzene rings is 1. The molecule has 200 valence electrons. The largest absolute Gasteiger partial charge is 0.390 e. The summed E-state index contributed by atoms with van der Waals surface area (Å²) in [7, 11) is 0. The first-order valence-electron chi connectivity index (χ1n) is 13.7. The van der Waals surface area contributed by atoms with Crippen molar-refractivity contribution < 1.29 is 14.7 Å². The Bertz CT molecular complexity index is 705. The zero-order valence-corrected chi connectivity index (χ0v) is 23.1. The summed E-state index contributed by atoms with van der Waals surface area (Å²) in [4.78, 5) is 24.1. The molecule has 4 atom stereocenters. The highest BCUT2D eigenvalue weighted by molar-refractivity contribution is 5.75. The number of carbonyl (C=O) groups excluding carboxylic acids is 2. The lowest BCUT2D eigenvalue weighted by molar-refractivity contribution is -0.122. The second-order valence-corrected chi connectivity index (χ2v) is 10.6. The molecule has 1 aromatic carbocycles. The van der Waals surface area contributed by atoms with Crippen LogP contribution in [0.25, 0.3) is 0 Å². The number of piperidine rings is 1. The second kappa shape index (κ2) is 16.7. The maximum absolute atomic E-state index is 12.0. The fraction of sp³-hybridized carbons (Fsp3) is 0.724. The lowest BCUT2D eigenvalue weighted by Crippen LogP contribution is -2.52. The molecule has 35 heavy (non-hydrogen) atoms. The van der Waals surface area contributed by atoms with Gasteiger partial charge in [-0.25, -0.2) is 0 Å². The zero-order valence-electron chi connectivity index (χ0n) is 23.1. The molecule has 0 aromatic heterocycles. The highest BCUT2D eigenvalue weighted by atomic mass is 16.3. The molecule has 2 aliphatic rings. The summed E-state index contributed by atoms with van der Waals surface area (Å²) in [6.07, 6.45) is 8.06. The van der Waals surface area contributed by atoms with Crippen molar-refractivity contribution in [1.29, 1.82) is 0 Å². The lowest BCUT2D eigenvalue weighted by atomic mass is 9.75. The zero-order chi connectivity index (χ0) is 26.3. The van der Waals surface area contributed by atoms with E-state index in [0.717, 1.165) is 30.5 Å². The summed E-state index contributed by atoms with van der Waals surface area (Å²) < 4.78 is 0. The number of amides is 2. The van der Waals surface area contributed by atoms with Crippen LogP contribution in [0.1, 0.15) is 85.6 Å². The van der Waals surface area contributed by atoms with Crippen molar-refractivity contribution in [2.75, 3.05) is 19.6 Å². The third-order valence-corrected chi connectivity index (χ3v) is 6.74. The van der Waals surface area contributed by atoms with Gasteiger partial charge in [-0.3, -0.25) is 9.59 Å². The number of rotatable bonds is 8. The number of β-amino-alcohol motifs (C(OH)–C–C–N with tert-alkyl or cyclic N) is 1. The van der Waals surface area contributed by atoms with Crippen molar-refractivity contribution in [3.63, 3.8) is 0 Å². The third kappa shape index (κ3) is 12.6. The van der Waals surface area contributed by atoms with Gasteiger partial charge < -0.3 is 20.6 Å². The van der Waals surface area contributed by atoms with Crippen molar-refractivity contribution in [1.82, 2.24) is 15.5 Å². The molecule has 3 N–H and O–H groups in total. The molecule has 2 amide bonds. The van der Waals surface area contributed by atoms with Gasteiger partial charge in [0.25, 0.3) is 0 Å². The minimum absolute atomic E-state index is 0.0102. The molecule has 1 heterocycles. The number of carbonyl (C=O) groups is 2. The Morgan fingerprint density at radius 3 is 2.29 bits per heavy atom. The molecule has 0 spiro atoms. The molecule has 6 heteroatoms. The van der Waals surface area contributed by atoms with E-state index in [-0.39, 0.29) is 17.5 Å².